The smallest absolute Gasteiger partial charge is 0.211 e. The van der Waals surface area contributed by atoms with E-state index in [0.717, 1.165) is 12.8 Å². The van der Waals surface area contributed by atoms with Gasteiger partial charge in [0, 0.05) is 12.6 Å². The summed E-state index contributed by atoms with van der Waals surface area (Å²) in [6.07, 6.45) is 2.38. The molecule has 0 rings (SSSR count). The number of halogens is 1. The number of sulfonamides is 1. The lowest BCUT2D eigenvalue weighted by atomic mass is 10.1. The van der Waals surface area contributed by atoms with Gasteiger partial charge in [-0.05, 0) is 18.8 Å². The van der Waals surface area contributed by atoms with Crippen LogP contribution < -0.4 is 10.5 Å². The number of hydrogen-bond acceptors (Lipinski definition) is 3. The lowest BCUT2D eigenvalue weighted by Gasteiger charge is -2.18. The molecule has 0 bridgehead atoms. The van der Waals surface area contributed by atoms with Crippen LogP contribution in [-0.2, 0) is 10.0 Å². The van der Waals surface area contributed by atoms with Crippen LogP contribution in [0.1, 0.15) is 40.0 Å². The molecule has 0 aliphatic carbocycles. The summed E-state index contributed by atoms with van der Waals surface area (Å²) in [5, 5.41) is 0. The third-order valence-corrected chi connectivity index (χ3v) is 3.67. The van der Waals surface area contributed by atoms with E-state index in [9.17, 15) is 8.42 Å². The second-order valence-electron chi connectivity index (χ2n) is 4.35. The van der Waals surface area contributed by atoms with Crippen molar-refractivity contribution in [2.45, 2.75) is 46.1 Å². The Morgan fingerprint density at radius 1 is 1.31 bits per heavy atom. The molecule has 100 valence electrons. The average molecular weight is 273 g/mol. The van der Waals surface area contributed by atoms with Gasteiger partial charge in [0.1, 0.15) is 0 Å². The quantitative estimate of drug-likeness (QED) is 0.703. The molecule has 0 amide bonds. The van der Waals surface area contributed by atoms with Crippen molar-refractivity contribution in [1.82, 2.24) is 4.72 Å². The van der Waals surface area contributed by atoms with E-state index in [0.29, 0.717) is 18.9 Å². The summed E-state index contributed by atoms with van der Waals surface area (Å²) >= 11 is 0. The molecule has 0 aromatic heterocycles. The minimum absolute atomic E-state index is 0. The van der Waals surface area contributed by atoms with Gasteiger partial charge in [-0.15, -0.1) is 12.4 Å². The van der Waals surface area contributed by atoms with Gasteiger partial charge in [-0.1, -0.05) is 27.2 Å². The van der Waals surface area contributed by atoms with Crippen LogP contribution in [0.25, 0.3) is 0 Å². The maximum atomic E-state index is 11.6. The van der Waals surface area contributed by atoms with Crippen LogP contribution in [0.5, 0.6) is 0 Å². The molecular weight excluding hydrogens is 248 g/mol. The van der Waals surface area contributed by atoms with E-state index < -0.39 is 10.0 Å². The molecule has 6 heteroatoms. The third-order valence-electron chi connectivity index (χ3n) is 2.15. The van der Waals surface area contributed by atoms with Gasteiger partial charge < -0.3 is 5.73 Å². The second-order valence-corrected chi connectivity index (χ2v) is 6.23. The summed E-state index contributed by atoms with van der Waals surface area (Å²) in [4.78, 5) is 0. The Bertz CT molecular complexity index is 256. The van der Waals surface area contributed by atoms with Gasteiger partial charge in [0.2, 0.25) is 10.0 Å². The van der Waals surface area contributed by atoms with Gasteiger partial charge in [0.15, 0.2) is 0 Å². The summed E-state index contributed by atoms with van der Waals surface area (Å²) < 4.78 is 25.8. The van der Waals surface area contributed by atoms with Crippen molar-refractivity contribution in [3.05, 3.63) is 0 Å². The average Bonchev–Trinajstić information content (AvgIpc) is 2.12. The molecule has 0 aliphatic heterocycles. The van der Waals surface area contributed by atoms with Crippen molar-refractivity contribution in [2.75, 3.05) is 12.3 Å². The largest absolute Gasteiger partial charge is 0.329 e. The predicted octanol–water partition coefficient (Wildman–Crippen LogP) is 1.50. The Morgan fingerprint density at radius 2 is 1.88 bits per heavy atom. The highest BCUT2D eigenvalue weighted by molar-refractivity contribution is 7.89. The zero-order valence-electron chi connectivity index (χ0n) is 10.4. The maximum Gasteiger partial charge on any atom is 0.211 e. The number of rotatable bonds is 8. The Hall–Kier alpha value is 0.160. The van der Waals surface area contributed by atoms with Crippen molar-refractivity contribution < 1.29 is 8.42 Å². The summed E-state index contributed by atoms with van der Waals surface area (Å²) in [5.74, 6) is 0.658. The fourth-order valence-electron chi connectivity index (χ4n) is 1.41. The van der Waals surface area contributed by atoms with Crippen LogP contribution in [0.4, 0.5) is 0 Å². The van der Waals surface area contributed by atoms with E-state index in [1.54, 1.807) is 0 Å². The number of hydrogen-bond donors (Lipinski definition) is 2. The summed E-state index contributed by atoms with van der Waals surface area (Å²) in [5.41, 5.74) is 5.53. The van der Waals surface area contributed by atoms with Crippen molar-refractivity contribution in [3.63, 3.8) is 0 Å². The zero-order chi connectivity index (χ0) is 11.9. The minimum Gasteiger partial charge on any atom is -0.329 e. The first-order chi connectivity index (χ1) is 6.91. The number of nitrogens with two attached hydrogens (primary N) is 1. The van der Waals surface area contributed by atoms with Gasteiger partial charge in [0.05, 0.1) is 5.75 Å². The first-order valence-corrected chi connectivity index (χ1v) is 7.26. The summed E-state index contributed by atoms with van der Waals surface area (Å²) in [6.45, 7) is 6.46. The molecule has 0 radical (unpaired) electrons. The van der Waals surface area contributed by atoms with Gasteiger partial charge in [-0.25, -0.2) is 13.1 Å². The predicted molar refractivity (Wildman–Crippen MR) is 71.4 cm³/mol. The fraction of sp³-hybridized carbons (Fsp3) is 1.00. The van der Waals surface area contributed by atoms with E-state index in [1.165, 1.54) is 0 Å². The van der Waals surface area contributed by atoms with Crippen LogP contribution >= 0.6 is 12.4 Å². The highest BCUT2D eigenvalue weighted by Crippen LogP contribution is 2.05. The molecule has 0 aromatic rings. The van der Waals surface area contributed by atoms with E-state index in [2.05, 4.69) is 18.6 Å². The molecule has 0 aromatic carbocycles. The standard InChI is InChI=1S/C10H24N2O2S.ClH/c1-4-5-6-15(13,14)12-10(8-11)7-9(2)3;/h9-10,12H,4-8,11H2,1-3H3;1H. The molecule has 0 aliphatic rings. The molecule has 0 spiro atoms. The van der Waals surface area contributed by atoms with Gasteiger partial charge in [-0.2, -0.15) is 0 Å². The van der Waals surface area contributed by atoms with Gasteiger partial charge >= 0.3 is 0 Å². The normalized spacial score (nSPS) is 13.6. The zero-order valence-corrected chi connectivity index (χ0v) is 12.0. The molecular formula is C10H25ClN2O2S. The molecule has 3 N–H and O–H groups in total. The Kier molecular flexibility index (Phi) is 10.7. The molecule has 0 heterocycles. The van der Waals surface area contributed by atoms with E-state index >= 15 is 0 Å². The van der Waals surface area contributed by atoms with Crippen LogP contribution in [-0.4, -0.2) is 26.8 Å². The highest BCUT2D eigenvalue weighted by atomic mass is 35.5. The van der Waals surface area contributed by atoms with Crippen LogP contribution in [0.3, 0.4) is 0 Å². The van der Waals surface area contributed by atoms with E-state index in [-0.39, 0.29) is 24.2 Å². The first kappa shape index (κ1) is 18.5. The van der Waals surface area contributed by atoms with Crippen LogP contribution in [0.15, 0.2) is 0 Å². The molecule has 0 fully saturated rings. The Labute approximate surface area is 106 Å². The van der Waals surface area contributed by atoms with E-state index in [1.807, 2.05) is 6.92 Å². The Balaban J connectivity index is 0. The first-order valence-electron chi connectivity index (χ1n) is 5.61. The third kappa shape index (κ3) is 9.39. The fourth-order valence-corrected chi connectivity index (χ4v) is 2.90. The number of unbranched alkanes of at least 4 members (excludes halogenated alkanes) is 1. The van der Waals surface area contributed by atoms with Gasteiger partial charge in [-0.3, -0.25) is 0 Å². The van der Waals surface area contributed by atoms with Crippen LogP contribution in [0.2, 0.25) is 0 Å². The molecule has 0 saturated carbocycles. The Morgan fingerprint density at radius 3 is 2.25 bits per heavy atom. The minimum atomic E-state index is -3.13. The molecule has 4 nitrogen and oxygen atoms in total. The topological polar surface area (TPSA) is 72.2 Å². The second kappa shape index (κ2) is 9.22. The molecule has 16 heavy (non-hydrogen) atoms. The highest BCUT2D eigenvalue weighted by Gasteiger charge is 2.16. The molecule has 0 saturated heterocycles. The SMILES string of the molecule is CCCCS(=O)(=O)NC(CN)CC(C)C.Cl. The van der Waals surface area contributed by atoms with Crippen molar-refractivity contribution in [3.8, 4) is 0 Å². The van der Waals surface area contributed by atoms with Gasteiger partial charge in [0.25, 0.3) is 0 Å². The van der Waals surface area contributed by atoms with Crippen LogP contribution in [0, 0.1) is 5.92 Å². The van der Waals surface area contributed by atoms with E-state index in [4.69, 9.17) is 5.73 Å². The van der Waals surface area contributed by atoms with Crippen molar-refractivity contribution in [1.29, 1.82) is 0 Å². The van der Waals surface area contributed by atoms with Crippen molar-refractivity contribution in [2.24, 2.45) is 11.7 Å². The summed E-state index contributed by atoms with van der Waals surface area (Å²) in [6, 6.07) is -0.119. The lowest BCUT2D eigenvalue weighted by Crippen LogP contribution is -2.42. The van der Waals surface area contributed by atoms with Crippen molar-refractivity contribution >= 4 is 22.4 Å². The molecule has 1 unspecified atom stereocenters. The monoisotopic (exact) mass is 272 g/mol. The maximum absolute atomic E-state index is 11.6. The summed E-state index contributed by atoms with van der Waals surface area (Å²) in [7, 11) is -3.13. The molecule has 1 atom stereocenters. The lowest BCUT2D eigenvalue weighted by molar-refractivity contribution is 0.464. The number of nitrogens with one attached hydrogen (secondary N) is 1.